The molecule has 0 bridgehead atoms. The van der Waals surface area contributed by atoms with Gasteiger partial charge < -0.3 is 10.1 Å². The zero-order chi connectivity index (χ0) is 16.1. The summed E-state index contributed by atoms with van der Waals surface area (Å²) in [6.45, 7) is 1.29. The van der Waals surface area contributed by atoms with Gasteiger partial charge in [-0.2, -0.15) is 0 Å². The first-order valence-corrected chi connectivity index (χ1v) is 7.67. The van der Waals surface area contributed by atoms with Gasteiger partial charge in [0.1, 0.15) is 11.6 Å². The van der Waals surface area contributed by atoms with Crippen LogP contribution in [0.5, 0.6) is 5.75 Å². The molecule has 1 heterocycles. The van der Waals surface area contributed by atoms with E-state index in [0.717, 1.165) is 25.2 Å². The number of benzene rings is 2. The summed E-state index contributed by atoms with van der Waals surface area (Å²) in [5.41, 5.74) is 2.81. The van der Waals surface area contributed by atoms with E-state index in [4.69, 9.17) is 4.74 Å². The topological polar surface area (TPSA) is 38.3 Å². The Kier molecular flexibility index (Phi) is 4.71. The third-order valence-corrected chi connectivity index (χ3v) is 3.79. The van der Waals surface area contributed by atoms with E-state index in [9.17, 15) is 9.18 Å². The Morgan fingerprint density at radius 1 is 1.26 bits per heavy atom. The summed E-state index contributed by atoms with van der Waals surface area (Å²) >= 11 is 0. The molecule has 0 saturated carbocycles. The van der Waals surface area contributed by atoms with E-state index in [1.165, 1.54) is 29.3 Å². The van der Waals surface area contributed by atoms with Crippen molar-refractivity contribution in [3.63, 3.8) is 0 Å². The van der Waals surface area contributed by atoms with Crippen molar-refractivity contribution >= 4 is 12.0 Å². The Morgan fingerprint density at radius 3 is 3.00 bits per heavy atom. The van der Waals surface area contributed by atoms with Gasteiger partial charge in [0.25, 0.3) is 0 Å². The first kappa shape index (κ1) is 15.3. The summed E-state index contributed by atoms with van der Waals surface area (Å²) < 4.78 is 18.9. The van der Waals surface area contributed by atoms with Gasteiger partial charge in [-0.3, -0.25) is 4.79 Å². The summed E-state index contributed by atoms with van der Waals surface area (Å²) in [6, 6.07) is 12.5. The zero-order valence-electron chi connectivity index (χ0n) is 12.7. The van der Waals surface area contributed by atoms with Crippen molar-refractivity contribution < 1.29 is 13.9 Å². The van der Waals surface area contributed by atoms with Crippen LogP contribution in [-0.2, 0) is 17.6 Å². The van der Waals surface area contributed by atoms with Crippen molar-refractivity contribution in [2.24, 2.45) is 0 Å². The van der Waals surface area contributed by atoms with E-state index in [1.807, 2.05) is 12.1 Å². The van der Waals surface area contributed by atoms with Crippen molar-refractivity contribution in [1.82, 2.24) is 5.32 Å². The number of rotatable bonds is 5. The Bertz CT molecular complexity index is 740. The maximum atomic E-state index is 13.4. The first-order valence-electron chi connectivity index (χ1n) is 7.67. The lowest BCUT2D eigenvalue weighted by molar-refractivity contribution is -0.116. The van der Waals surface area contributed by atoms with E-state index in [-0.39, 0.29) is 11.7 Å². The second-order valence-corrected chi connectivity index (χ2v) is 5.44. The average Bonchev–Trinajstić information content (AvgIpc) is 3.02. The van der Waals surface area contributed by atoms with Crippen molar-refractivity contribution in [2.45, 2.75) is 12.8 Å². The quantitative estimate of drug-likeness (QED) is 0.862. The SMILES string of the molecule is O=C(C=Cc1ccccc1F)NCCc1ccc2c(c1)CCO2. The first-order chi connectivity index (χ1) is 11.2. The van der Waals surface area contributed by atoms with Gasteiger partial charge in [-0.05, 0) is 35.8 Å². The van der Waals surface area contributed by atoms with Gasteiger partial charge in [-0.25, -0.2) is 4.39 Å². The fourth-order valence-corrected chi connectivity index (χ4v) is 2.56. The van der Waals surface area contributed by atoms with Crippen LogP contribution in [0.3, 0.4) is 0 Å². The molecule has 0 radical (unpaired) electrons. The van der Waals surface area contributed by atoms with Crippen molar-refractivity contribution in [1.29, 1.82) is 0 Å². The van der Waals surface area contributed by atoms with E-state index >= 15 is 0 Å². The number of amides is 1. The van der Waals surface area contributed by atoms with Crippen LogP contribution in [-0.4, -0.2) is 19.1 Å². The van der Waals surface area contributed by atoms with Crippen LogP contribution in [0.4, 0.5) is 4.39 Å². The van der Waals surface area contributed by atoms with Crippen LogP contribution in [0.2, 0.25) is 0 Å². The molecule has 23 heavy (non-hydrogen) atoms. The highest BCUT2D eigenvalue weighted by molar-refractivity contribution is 5.91. The van der Waals surface area contributed by atoms with Gasteiger partial charge in [0.05, 0.1) is 6.61 Å². The molecule has 1 N–H and O–H groups in total. The smallest absolute Gasteiger partial charge is 0.244 e. The molecule has 0 spiro atoms. The predicted molar refractivity (Wildman–Crippen MR) is 87.8 cm³/mol. The van der Waals surface area contributed by atoms with Crippen molar-refractivity contribution in [2.75, 3.05) is 13.2 Å². The fraction of sp³-hybridized carbons (Fsp3) is 0.211. The maximum absolute atomic E-state index is 13.4. The Balaban J connectivity index is 1.49. The third kappa shape index (κ3) is 3.97. The van der Waals surface area contributed by atoms with Crippen LogP contribution in [0.15, 0.2) is 48.5 Å². The summed E-state index contributed by atoms with van der Waals surface area (Å²) in [7, 11) is 0. The number of nitrogens with one attached hydrogen (secondary N) is 1. The largest absolute Gasteiger partial charge is 0.493 e. The highest BCUT2D eigenvalue weighted by Crippen LogP contribution is 2.25. The van der Waals surface area contributed by atoms with Gasteiger partial charge in [0.2, 0.25) is 5.91 Å². The average molecular weight is 311 g/mol. The summed E-state index contributed by atoms with van der Waals surface area (Å²) in [6.07, 6.45) is 4.54. The van der Waals surface area contributed by atoms with E-state index in [2.05, 4.69) is 11.4 Å². The van der Waals surface area contributed by atoms with Gasteiger partial charge in [-0.15, -0.1) is 0 Å². The molecule has 2 aromatic rings. The number of carbonyl (C=O) groups is 1. The molecular weight excluding hydrogens is 293 g/mol. The molecule has 118 valence electrons. The number of carbonyl (C=O) groups excluding carboxylic acids is 1. The molecule has 1 aliphatic rings. The molecule has 0 fully saturated rings. The van der Waals surface area contributed by atoms with Gasteiger partial charge in [-0.1, -0.05) is 30.3 Å². The second-order valence-electron chi connectivity index (χ2n) is 5.44. The minimum absolute atomic E-state index is 0.224. The predicted octanol–water partition coefficient (Wildman–Crippen LogP) is 3.13. The lowest BCUT2D eigenvalue weighted by atomic mass is 10.1. The standard InChI is InChI=1S/C19H18FNO2/c20-17-4-2-1-3-15(17)6-8-19(22)21-11-9-14-5-7-18-16(13-14)10-12-23-18/h1-8,13H,9-12H2,(H,21,22). The van der Waals surface area contributed by atoms with Crippen molar-refractivity contribution in [3.05, 3.63) is 71.0 Å². The monoisotopic (exact) mass is 311 g/mol. The molecule has 3 nitrogen and oxygen atoms in total. The number of ether oxygens (including phenoxy) is 1. The molecule has 1 amide bonds. The van der Waals surface area contributed by atoms with Gasteiger partial charge >= 0.3 is 0 Å². The summed E-state index contributed by atoms with van der Waals surface area (Å²) in [4.78, 5) is 11.8. The van der Waals surface area contributed by atoms with Crippen LogP contribution in [0.1, 0.15) is 16.7 Å². The van der Waals surface area contributed by atoms with Crippen LogP contribution in [0.25, 0.3) is 6.08 Å². The maximum Gasteiger partial charge on any atom is 0.244 e. The Hall–Kier alpha value is -2.62. The number of fused-ring (bicyclic) bond motifs is 1. The minimum atomic E-state index is -0.336. The lowest BCUT2D eigenvalue weighted by Gasteiger charge is -2.05. The molecular formula is C19H18FNO2. The highest BCUT2D eigenvalue weighted by Gasteiger charge is 2.11. The van der Waals surface area contributed by atoms with Crippen LogP contribution >= 0.6 is 0 Å². The molecule has 0 atom stereocenters. The van der Waals surface area contributed by atoms with Gasteiger partial charge in [0.15, 0.2) is 0 Å². The minimum Gasteiger partial charge on any atom is -0.493 e. The Morgan fingerprint density at radius 2 is 2.13 bits per heavy atom. The fourth-order valence-electron chi connectivity index (χ4n) is 2.56. The zero-order valence-corrected chi connectivity index (χ0v) is 12.7. The van der Waals surface area contributed by atoms with Gasteiger partial charge in [0, 0.05) is 24.6 Å². The van der Waals surface area contributed by atoms with Crippen LogP contribution in [0, 0.1) is 5.82 Å². The molecule has 3 rings (SSSR count). The summed E-state index contributed by atoms with van der Waals surface area (Å²) in [5, 5.41) is 2.81. The molecule has 0 aromatic heterocycles. The third-order valence-electron chi connectivity index (χ3n) is 3.79. The molecule has 0 unspecified atom stereocenters. The lowest BCUT2D eigenvalue weighted by Crippen LogP contribution is -2.23. The van der Waals surface area contributed by atoms with E-state index in [0.29, 0.717) is 12.1 Å². The normalized spacial score (nSPS) is 12.9. The molecule has 0 saturated heterocycles. The van der Waals surface area contributed by atoms with E-state index < -0.39 is 0 Å². The second kappa shape index (κ2) is 7.09. The number of hydrogen-bond acceptors (Lipinski definition) is 2. The summed E-state index contributed by atoms with van der Waals surface area (Å²) in [5.74, 6) is 0.403. The van der Waals surface area contributed by atoms with Crippen LogP contribution < -0.4 is 10.1 Å². The molecule has 1 aliphatic heterocycles. The molecule has 0 aliphatic carbocycles. The molecule has 4 heteroatoms. The number of hydrogen-bond donors (Lipinski definition) is 1. The Labute approximate surface area is 134 Å². The highest BCUT2D eigenvalue weighted by atomic mass is 19.1. The molecule has 2 aromatic carbocycles. The number of halogens is 1. The van der Waals surface area contributed by atoms with Crippen molar-refractivity contribution in [3.8, 4) is 5.75 Å². The van der Waals surface area contributed by atoms with E-state index in [1.54, 1.807) is 18.2 Å².